The van der Waals surface area contributed by atoms with Gasteiger partial charge in [0.2, 0.25) is 0 Å². The summed E-state index contributed by atoms with van der Waals surface area (Å²) in [5.74, 6) is 0.301. The average molecular weight is 368 g/mol. The van der Waals surface area contributed by atoms with Gasteiger partial charge in [-0.15, -0.1) is 0 Å². The standard InChI is InChI=1S/C20H21FN4O2/c1-14(2)27-17-6-3-5-15(11-17)13-22-20(26)24-18-12-16(21)7-8-19(18)25-10-4-9-23-25/h3-12,14H,13H2,1-2H3,(H2,22,24,26). The Bertz CT molecular complexity index is 910. The lowest BCUT2D eigenvalue weighted by atomic mass is 10.2. The summed E-state index contributed by atoms with van der Waals surface area (Å²) in [6.07, 6.45) is 3.40. The molecule has 6 nitrogen and oxygen atoms in total. The molecule has 0 saturated heterocycles. The molecule has 140 valence electrons. The number of carbonyl (C=O) groups is 1. The molecule has 2 amide bonds. The van der Waals surface area contributed by atoms with Crippen molar-refractivity contribution in [2.45, 2.75) is 26.5 Å². The second-order valence-electron chi connectivity index (χ2n) is 6.23. The van der Waals surface area contributed by atoms with Crippen LogP contribution < -0.4 is 15.4 Å². The topological polar surface area (TPSA) is 68.2 Å². The Morgan fingerprint density at radius 1 is 1.22 bits per heavy atom. The van der Waals surface area contributed by atoms with E-state index < -0.39 is 11.8 Å². The minimum absolute atomic E-state index is 0.0743. The number of urea groups is 1. The summed E-state index contributed by atoms with van der Waals surface area (Å²) in [4.78, 5) is 12.3. The third-order valence-electron chi connectivity index (χ3n) is 3.68. The van der Waals surface area contributed by atoms with Gasteiger partial charge in [-0.25, -0.2) is 13.9 Å². The highest BCUT2D eigenvalue weighted by Crippen LogP contribution is 2.21. The number of benzene rings is 2. The average Bonchev–Trinajstić information content (AvgIpc) is 3.14. The molecule has 1 heterocycles. The zero-order chi connectivity index (χ0) is 19.2. The van der Waals surface area contributed by atoms with Gasteiger partial charge < -0.3 is 15.4 Å². The van der Waals surface area contributed by atoms with E-state index in [1.54, 1.807) is 29.2 Å². The van der Waals surface area contributed by atoms with Gasteiger partial charge in [0, 0.05) is 18.9 Å². The molecule has 0 saturated carbocycles. The van der Waals surface area contributed by atoms with Crippen LogP contribution in [0.2, 0.25) is 0 Å². The number of aromatic nitrogens is 2. The fourth-order valence-electron chi connectivity index (χ4n) is 2.57. The second kappa shape index (κ2) is 8.35. The summed E-state index contributed by atoms with van der Waals surface area (Å²) in [6, 6.07) is 13.0. The van der Waals surface area contributed by atoms with Crippen molar-refractivity contribution in [3.8, 4) is 11.4 Å². The lowest BCUT2D eigenvalue weighted by Gasteiger charge is -2.13. The van der Waals surface area contributed by atoms with Crippen molar-refractivity contribution < 1.29 is 13.9 Å². The highest BCUT2D eigenvalue weighted by molar-refractivity contribution is 5.91. The number of ether oxygens (including phenoxy) is 1. The molecular weight excluding hydrogens is 347 g/mol. The molecule has 0 atom stereocenters. The van der Waals surface area contributed by atoms with E-state index in [1.165, 1.54) is 12.1 Å². The molecule has 3 rings (SSSR count). The van der Waals surface area contributed by atoms with Gasteiger partial charge in [0.05, 0.1) is 17.5 Å². The third-order valence-corrected chi connectivity index (χ3v) is 3.68. The third kappa shape index (κ3) is 5.07. The zero-order valence-corrected chi connectivity index (χ0v) is 15.1. The molecule has 7 heteroatoms. The summed E-state index contributed by atoms with van der Waals surface area (Å²) in [5, 5.41) is 9.56. The maximum atomic E-state index is 13.6. The van der Waals surface area contributed by atoms with Crippen molar-refractivity contribution >= 4 is 11.7 Å². The molecule has 2 N–H and O–H groups in total. The Kier molecular flexibility index (Phi) is 5.71. The van der Waals surface area contributed by atoms with E-state index >= 15 is 0 Å². The SMILES string of the molecule is CC(C)Oc1cccc(CNC(=O)Nc2cc(F)ccc2-n2cccn2)c1. The van der Waals surface area contributed by atoms with Gasteiger partial charge in [-0.2, -0.15) is 5.10 Å². The zero-order valence-electron chi connectivity index (χ0n) is 15.1. The second-order valence-corrected chi connectivity index (χ2v) is 6.23. The number of nitrogens with one attached hydrogen (secondary N) is 2. The van der Waals surface area contributed by atoms with Crippen LogP contribution in [-0.2, 0) is 6.54 Å². The van der Waals surface area contributed by atoms with E-state index in [9.17, 15) is 9.18 Å². The van der Waals surface area contributed by atoms with E-state index in [1.807, 2.05) is 38.1 Å². The Morgan fingerprint density at radius 2 is 2.07 bits per heavy atom. The Morgan fingerprint density at radius 3 is 2.81 bits per heavy atom. The van der Waals surface area contributed by atoms with Crippen molar-refractivity contribution in [2.75, 3.05) is 5.32 Å². The van der Waals surface area contributed by atoms with Gasteiger partial charge in [-0.1, -0.05) is 12.1 Å². The highest BCUT2D eigenvalue weighted by Gasteiger charge is 2.10. The molecule has 0 unspecified atom stereocenters. The van der Waals surface area contributed by atoms with Crippen LogP contribution in [0.25, 0.3) is 5.69 Å². The normalized spacial score (nSPS) is 10.7. The first-order valence-corrected chi connectivity index (χ1v) is 8.61. The van der Waals surface area contributed by atoms with Crippen LogP contribution in [0.3, 0.4) is 0 Å². The van der Waals surface area contributed by atoms with Crippen molar-refractivity contribution in [1.82, 2.24) is 15.1 Å². The predicted octanol–water partition coefficient (Wildman–Crippen LogP) is 4.12. The first kappa shape index (κ1) is 18.4. The predicted molar refractivity (Wildman–Crippen MR) is 102 cm³/mol. The van der Waals surface area contributed by atoms with E-state index in [2.05, 4.69) is 15.7 Å². The minimum Gasteiger partial charge on any atom is -0.491 e. The first-order valence-electron chi connectivity index (χ1n) is 8.61. The lowest BCUT2D eigenvalue weighted by Crippen LogP contribution is -2.28. The van der Waals surface area contributed by atoms with E-state index in [0.717, 1.165) is 11.3 Å². The Hall–Kier alpha value is -3.35. The molecule has 27 heavy (non-hydrogen) atoms. The fourth-order valence-corrected chi connectivity index (χ4v) is 2.57. The van der Waals surface area contributed by atoms with E-state index in [4.69, 9.17) is 4.74 Å². The number of carbonyl (C=O) groups excluding carboxylic acids is 1. The number of hydrogen-bond acceptors (Lipinski definition) is 3. The molecule has 0 radical (unpaired) electrons. The number of anilines is 1. The first-order chi connectivity index (χ1) is 13.0. The molecule has 1 aromatic heterocycles. The maximum Gasteiger partial charge on any atom is 0.319 e. The number of amides is 2. The van der Waals surface area contributed by atoms with Gasteiger partial charge in [0.25, 0.3) is 0 Å². The van der Waals surface area contributed by atoms with Crippen LogP contribution in [0.15, 0.2) is 60.9 Å². The van der Waals surface area contributed by atoms with Crippen molar-refractivity contribution in [1.29, 1.82) is 0 Å². The molecule has 2 aromatic carbocycles. The molecule has 0 spiro atoms. The molecule has 0 fully saturated rings. The molecule has 0 bridgehead atoms. The van der Waals surface area contributed by atoms with Gasteiger partial charge in [0.1, 0.15) is 11.6 Å². The molecule has 0 aliphatic rings. The molecular formula is C20H21FN4O2. The summed E-state index contributed by atoms with van der Waals surface area (Å²) >= 11 is 0. The molecule has 0 aliphatic heterocycles. The smallest absolute Gasteiger partial charge is 0.319 e. The lowest BCUT2D eigenvalue weighted by molar-refractivity contribution is 0.242. The maximum absolute atomic E-state index is 13.6. The number of hydrogen-bond donors (Lipinski definition) is 2. The molecule has 3 aromatic rings. The van der Waals surface area contributed by atoms with Gasteiger partial charge in [0.15, 0.2) is 0 Å². The molecule has 0 aliphatic carbocycles. The summed E-state index contributed by atoms with van der Waals surface area (Å²) < 4.78 is 20.8. The minimum atomic E-state index is -0.445. The van der Waals surface area contributed by atoms with Crippen LogP contribution in [0.5, 0.6) is 5.75 Å². The van der Waals surface area contributed by atoms with Crippen LogP contribution in [0, 0.1) is 5.82 Å². The monoisotopic (exact) mass is 368 g/mol. The summed E-state index contributed by atoms with van der Waals surface area (Å²) in [5.41, 5.74) is 1.80. The number of nitrogens with zero attached hydrogens (tertiary/aromatic N) is 2. The fraction of sp³-hybridized carbons (Fsp3) is 0.200. The number of halogens is 1. The van der Waals surface area contributed by atoms with Crippen LogP contribution >= 0.6 is 0 Å². The van der Waals surface area contributed by atoms with Gasteiger partial charge in [-0.05, 0) is 55.8 Å². The highest BCUT2D eigenvalue weighted by atomic mass is 19.1. The summed E-state index contributed by atoms with van der Waals surface area (Å²) in [6.45, 7) is 4.22. The number of rotatable bonds is 6. The van der Waals surface area contributed by atoms with Crippen molar-refractivity contribution in [2.24, 2.45) is 0 Å². The van der Waals surface area contributed by atoms with Crippen LogP contribution in [0.4, 0.5) is 14.9 Å². The quantitative estimate of drug-likeness (QED) is 0.688. The van der Waals surface area contributed by atoms with Crippen LogP contribution in [0.1, 0.15) is 19.4 Å². The van der Waals surface area contributed by atoms with Crippen molar-refractivity contribution in [3.63, 3.8) is 0 Å². The van der Waals surface area contributed by atoms with E-state index in [-0.39, 0.29) is 6.10 Å². The van der Waals surface area contributed by atoms with Gasteiger partial charge >= 0.3 is 6.03 Å². The Balaban J connectivity index is 1.66. The van der Waals surface area contributed by atoms with E-state index in [0.29, 0.717) is 17.9 Å². The Labute approximate surface area is 157 Å². The summed E-state index contributed by atoms with van der Waals surface area (Å²) in [7, 11) is 0. The largest absolute Gasteiger partial charge is 0.491 e. The van der Waals surface area contributed by atoms with Gasteiger partial charge in [-0.3, -0.25) is 0 Å². The van der Waals surface area contributed by atoms with Crippen molar-refractivity contribution in [3.05, 3.63) is 72.3 Å². The van der Waals surface area contributed by atoms with Crippen LogP contribution in [-0.4, -0.2) is 21.9 Å².